The van der Waals surface area contributed by atoms with Gasteiger partial charge < -0.3 is 4.74 Å². The molecule has 0 bridgehead atoms. The molecule has 2 rings (SSSR count). The second kappa shape index (κ2) is 2.73. The van der Waals surface area contributed by atoms with Gasteiger partial charge in [-0.3, -0.25) is 0 Å². The van der Waals surface area contributed by atoms with Crippen LogP contribution in [0.5, 0.6) is 0 Å². The molecular weight excluding hydrogens is 197 g/mol. The van der Waals surface area contributed by atoms with E-state index in [1.165, 1.54) is 24.3 Å². The molecule has 0 radical (unpaired) electrons. The summed E-state index contributed by atoms with van der Waals surface area (Å²) in [5.41, 5.74) is -0.111. The van der Waals surface area contributed by atoms with Gasteiger partial charge in [0.15, 0.2) is 0 Å². The summed E-state index contributed by atoms with van der Waals surface area (Å²) in [7, 11) is 0. The van der Waals surface area contributed by atoms with Crippen LogP contribution in [0.25, 0.3) is 0 Å². The minimum absolute atomic E-state index is 0.00479. The standard InChI is InChI=1S/C9H5F3O2/c10-9(11,12)7-5-3-1-2-4-6(5)8(13)14-7/h1-4,7H. The number of fused-ring (bicyclic) bond motifs is 1. The summed E-state index contributed by atoms with van der Waals surface area (Å²) in [6, 6.07) is 5.51. The van der Waals surface area contributed by atoms with Crippen LogP contribution in [0, 0.1) is 0 Å². The van der Waals surface area contributed by atoms with E-state index in [0.717, 1.165) is 0 Å². The predicted octanol–water partition coefficient (Wildman–Crippen LogP) is 2.46. The van der Waals surface area contributed by atoms with Crippen LogP contribution in [-0.4, -0.2) is 12.1 Å². The van der Waals surface area contributed by atoms with Gasteiger partial charge >= 0.3 is 12.1 Å². The molecule has 0 aromatic heterocycles. The minimum atomic E-state index is -4.54. The fourth-order valence-corrected chi connectivity index (χ4v) is 1.39. The molecule has 1 atom stereocenters. The van der Waals surface area contributed by atoms with E-state index in [9.17, 15) is 18.0 Å². The van der Waals surface area contributed by atoms with Crippen LogP contribution in [0.15, 0.2) is 24.3 Å². The fourth-order valence-electron chi connectivity index (χ4n) is 1.39. The number of cyclic esters (lactones) is 1. The molecule has 0 spiro atoms. The molecule has 1 heterocycles. The number of halogens is 3. The van der Waals surface area contributed by atoms with E-state index in [2.05, 4.69) is 4.74 Å². The number of benzene rings is 1. The van der Waals surface area contributed by atoms with Crippen LogP contribution in [0.1, 0.15) is 22.0 Å². The summed E-state index contributed by atoms with van der Waals surface area (Å²) in [5.74, 6) is -0.914. The van der Waals surface area contributed by atoms with Crippen LogP contribution in [-0.2, 0) is 4.74 Å². The molecule has 0 aliphatic carbocycles. The van der Waals surface area contributed by atoms with Gasteiger partial charge in [0.1, 0.15) is 0 Å². The van der Waals surface area contributed by atoms with Gasteiger partial charge in [-0.15, -0.1) is 0 Å². The van der Waals surface area contributed by atoms with Crippen molar-refractivity contribution in [1.82, 2.24) is 0 Å². The molecule has 0 saturated heterocycles. The van der Waals surface area contributed by atoms with Crippen molar-refractivity contribution in [1.29, 1.82) is 0 Å². The Hall–Kier alpha value is -1.52. The van der Waals surface area contributed by atoms with Crippen molar-refractivity contribution >= 4 is 5.97 Å². The zero-order valence-corrected chi connectivity index (χ0v) is 6.84. The van der Waals surface area contributed by atoms with Gasteiger partial charge in [0, 0.05) is 5.56 Å². The van der Waals surface area contributed by atoms with Gasteiger partial charge in [-0.1, -0.05) is 18.2 Å². The van der Waals surface area contributed by atoms with Gasteiger partial charge in [-0.05, 0) is 6.07 Å². The van der Waals surface area contributed by atoms with Crippen LogP contribution in [0.2, 0.25) is 0 Å². The molecule has 0 N–H and O–H groups in total. The monoisotopic (exact) mass is 202 g/mol. The maximum Gasteiger partial charge on any atom is 0.429 e. The minimum Gasteiger partial charge on any atom is -0.444 e. The van der Waals surface area contributed by atoms with Crippen molar-refractivity contribution in [2.45, 2.75) is 12.3 Å². The first-order valence-electron chi connectivity index (χ1n) is 3.87. The maximum atomic E-state index is 12.3. The van der Waals surface area contributed by atoms with Gasteiger partial charge in [-0.25, -0.2) is 4.79 Å². The number of ether oxygens (including phenoxy) is 1. The van der Waals surface area contributed by atoms with E-state index in [0.29, 0.717) is 0 Å². The Labute approximate surface area is 77.3 Å². The first kappa shape index (κ1) is 9.05. The molecule has 74 valence electrons. The van der Waals surface area contributed by atoms with Crippen LogP contribution in [0.3, 0.4) is 0 Å². The van der Waals surface area contributed by atoms with Crippen LogP contribution >= 0.6 is 0 Å². The highest BCUT2D eigenvalue weighted by Crippen LogP contribution is 2.41. The smallest absolute Gasteiger partial charge is 0.429 e. The molecule has 1 aliphatic heterocycles. The largest absolute Gasteiger partial charge is 0.444 e. The molecule has 0 saturated carbocycles. The van der Waals surface area contributed by atoms with E-state index in [-0.39, 0.29) is 11.1 Å². The molecule has 1 aliphatic rings. The second-order valence-corrected chi connectivity index (χ2v) is 2.91. The van der Waals surface area contributed by atoms with Crippen molar-refractivity contribution in [3.05, 3.63) is 35.4 Å². The lowest BCUT2D eigenvalue weighted by molar-refractivity contribution is -0.203. The van der Waals surface area contributed by atoms with Crippen LogP contribution < -0.4 is 0 Å². The number of hydrogen-bond acceptors (Lipinski definition) is 2. The van der Waals surface area contributed by atoms with Gasteiger partial charge in [0.2, 0.25) is 6.10 Å². The third-order valence-electron chi connectivity index (χ3n) is 1.99. The molecule has 1 aromatic rings. The molecule has 0 fully saturated rings. The number of hydrogen-bond donors (Lipinski definition) is 0. The van der Waals surface area contributed by atoms with Crippen molar-refractivity contribution in [3.63, 3.8) is 0 Å². The first-order chi connectivity index (χ1) is 6.50. The Kier molecular flexibility index (Phi) is 1.77. The third kappa shape index (κ3) is 1.25. The lowest BCUT2D eigenvalue weighted by atomic mass is 10.1. The predicted molar refractivity (Wildman–Crippen MR) is 40.7 cm³/mol. The second-order valence-electron chi connectivity index (χ2n) is 2.91. The van der Waals surface area contributed by atoms with Crippen molar-refractivity contribution in [2.24, 2.45) is 0 Å². The number of carbonyl (C=O) groups excluding carboxylic acids is 1. The highest BCUT2D eigenvalue weighted by atomic mass is 19.4. The zero-order chi connectivity index (χ0) is 10.3. The Morgan fingerprint density at radius 2 is 1.86 bits per heavy atom. The zero-order valence-electron chi connectivity index (χ0n) is 6.84. The fraction of sp³-hybridized carbons (Fsp3) is 0.222. The van der Waals surface area contributed by atoms with E-state index in [1.807, 2.05) is 0 Å². The Balaban J connectivity index is 2.50. The number of alkyl halides is 3. The van der Waals surface area contributed by atoms with Crippen molar-refractivity contribution in [3.8, 4) is 0 Å². The SMILES string of the molecule is O=C1OC(C(F)(F)F)c2ccccc21. The van der Waals surface area contributed by atoms with Crippen molar-refractivity contribution in [2.75, 3.05) is 0 Å². The van der Waals surface area contributed by atoms with Gasteiger partial charge in [-0.2, -0.15) is 13.2 Å². The lowest BCUT2D eigenvalue weighted by Crippen LogP contribution is -2.20. The molecule has 1 unspecified atom stereocenters. The highest BCUT2D eigenvalue weighted by Gasteiger charge is 2.49. The average Bonchev–Trinajstić information content (AvgIpc) is 2.44. The molecule has 1 aromatic carbocycles. The molecule has 2 nitrogen and oxygen atoms in total. The highest BCUT2D eigenvalue weighted by molar-refractivity contribution is 5.94. The van der Waals surface area contributed by atoms with E-state index in [4.69, 9.17) is 0 Å². The summed E-state index contributed by atoms with van der Waals surface area (Å²) >= 11 is 0. The summed E-state index contributed by atoms with van der Waals surface area (Å²) in [6.45, 7) is 0. The van der Waals surface area contributed by atoms with Gasteiger partial charge in [0.05, 0.1) is 5.56 Å². The third-order valence-corrected chi connectivity index (χ3v) is 1.99. The Morgan fingerprint density at radius 1 is 1.21 bits per heavy atom. The molecular formula is C9H5F3O2. The van der Waals surface area contributed by atoms with E-state index < -0.39 is 18.2 Å². The summed E-state index contributed by atoms with van der Waals surface area (Å²) in [4.78, 5) is 11.0. The van der Waals surface area contributed by atoms with Gasteiger partial charge in [0.25, 0.3) is 0 Å². The maximum absolute atomic E-state index is 12.3. The number of esters is 1. The summed E-state index contributed by atoms with van der Waals surface area (Å²) in [6.07, 6.45) is -6.64. The summed E-state index contributed by atoms with van der Waals surface area (Å²) in [5, 5.41) is 0. The van der Waals surface area contributed by atoms with Crippen LogP contribution in [0.4, 0.5) is 13.2 Å². The van der Waals surface area contributed by atoms with E-state index >= 15 is 0 Å². The molecule has 14 heavy (non-hydrogen) atoms. The first-order valence-corrected chi connectivity index (χ1v) is 3.87. The number of carbonyl (C=O) groups is 1. The van der Waals surface area contributed by atoms with Crippen molar-refractivity contribution < 1.29 is 22.7 Å². The lowest BCUT2D eigenvalue weighted by Gasteiger charge is -2.13. The average molecular weight is 202 g/mol. The normalized spacial score (nSPS) is 20.5. The Bertz CT molecular complexity index is 384. The number of rotatable bonds is 0. The molecule has 5 heteroatoms. The van der Waals surface area contributed by atoms with E-state index in [1.54, 1.807) is 0 Å². The quantitative estimate of drug-likeness (QED) is 0.604. The molecule has 0 amide bonds. The topological polar surface area (TPSA) is 26.3 Å². The Morgan fingerprint density at radius 3 is 2.50 bits per heavy atom. The summed E-state index contributed by atoms with van der Waals surface area (Å²) < 4.78 is 41.2.